The van der Waals surface area contributed by atoms with E-state index < -0.39 is 5.82 Å². The highest BCUT2D eigenvalue weighted by molar-refractivity contribution is 5.45. The zero-order chi connectivity index (χ0) is 18.2. The van der Waals surface area contributed by atoms with Gasteiger partial charge in [-0.1, -0.05) is 43.7 Å². The molecule has 0 aliphatic rings. The van der Waals surface area contributed by atoms with Crippen molar-refractivity contribution < 1.29 is 4.39 Å². The number of aryl methyl sites for hydroxylation is 1. The van der Waals surface area contributed by atoms with Crippen molar-refractivity contribution in [2.75, 3.05) is 0 Å². The lowest BCUT2D eigenvalue weighted by Gasteiger charge is -2.01. The summed E-state index contributed by atoms with van der Waals surface area (Å²) in [6.07, 6.45) is 9.96. The molecule has 0 unspecified atom stereocenters. The fourth-order valence-corrected chi connectivity index (χ4v) is 2.12. The number of rotatable bonds is 4. The second-order valence-electron chi connectivity index (χ2n) is 5.33. The number of hydrogen-bond acceptors (Lipinski definition) is 2. The number of benzene rings is 1. The predicted octanol–water partition coefficient (Wildman–Crippen LogP) is 4.62. The number of nitriles is 1. The van der Waals surface area contributed by atoms with Crippen molar-refractivity contribution in [2.24, 2.45) is 0 Å². The number of nitrogens with zero attached hydrogens (tertiary/aromatic N) is 3. The third-order valence-corrected chi connectivity index (χ3v) is 3.44. The monoisotopic (exact) mass is 331 g/mol. The Bertz CT molecular complexity index is 944. The molecule has 0 saturated heterocycles. The van der Waals surface area contributed by atoms with Gasteiger partial charge in [-0.2, -0.15) is 10.4 Å². The Hall–Kier alpha value is -3.37. The quantitative estimate of drug-likeness (QED) is 0.606. The van der Waals surface area contributed by atoms with Crippen molar-refractivity contribution in [3.8, 4) is 23.6 Å². The van der Waals surface area contributed by atoms with Crippen molar-refractivity contribution in [2.45, 2.75) is 20.3 Å². The second-order valence-corrected chi connectivity index (χ2v) is 5.33. The third kappa shape index (κ3) is 4.80. The van der Waals surface area contributed by atoms with Gasteiger partial charge >= 0.3 is 0 Å². The highest BCUT2D eigenvalue weighted by atomic mass is 19.1. The fraction of sp³-hybridized carbons (Fsp3) is 0.143. The Morgan fingerprint density at radius 2 is 2.16 bits per heavy atom. The summed E-state index contributed by atoms with van der Waals surface area (Å²) in [5.74, 6) is 5.69. The van der Waals surface area contributed by atoms with E-state index in [1.54, 1.807) is 18.3 Å². The molecule has 0 bridgehead atoms. The standard InChI is InChI=1S/C21H18FN3/c1-4-6-7-8-17(5-2)9-10-21-16(3)15-25(24-21)20-12-18(14-23)11-19(22)13-20/h4,6-8,11-13,15H,1,5H2,2-3H3/b7-6-,17-8+. The minimum atomic E-state index is -0.472. The zero-order valence-corrected chi connectivity index (χ0v) is 14.3. The van der Waals surface area contributed by atoms with Crippen LogP contribution in [0.1, 0.15) is 30.2 Å². The molecule has 0 amide bonds. The molecule has 0 spiro atoms. The van der Waals surface area contributed by atoms with Crippen LogP contribution in [-0.4, -0.2) is 9.78 Å². The van der Waals surface area contributed by atoms with Gasteiger partial charge in [-0.25, -0.2) is 9.07 Å². The van der Waals surface area contributed by atoms with Gasteiger partial charge in [-0.05, 0) is 37.5 Å². The minimum Gasteiger partial charge on any atom is -0.239 e. The molecule has 4 heteroatoms. The van der Waals surface area contributed by atoms with Crippen LogP contribution in [0.5, 0.6) is 0 Å². The number of halogens is 1. The zero-order valence-electron chi connectivity index (χ0n) is 14.3. The van der Waals surface area contributed by atoms with Crippen LogP contribution in [0.15, 0.2) is 60.9 Å². The molecule has 1 aromatic carbocycles. The van der Waals surface area contributed by atoms with E-state index in [1.807, 2.05) is 38.1 Å². The Labute approximate surface area is 147 Å². The Morgan fingerprint density at radius 3 is 2.84 bits per heavy atom. The highest BCUT2D eigenvalue weighted by Crippen LogP contribution is 2.15. The lowest BCUT2D eigenvalue weighted by Crippen LogP contribution is -1.97. The van der Waals surface area contributed by atoms with Crippen molar-refractivity contribution in [1.29, 1.82) is 5.26 Å². The van der Waals surface area contributed by atoms with E-state index >= 15 is 0 Å². The average Bonchev–Trinajstić information content (AvgIpc) is 2.98. The summed E-state index contributed by atoms with van der Waals surface area (Å²) in [5, 5.41) is 13.4. The van der Waals surface area contributed by atoms with Gasteiger partial charge in [0.25, 0.3) is 0 Å². The summed E-state index contributed by atoms with van der Waals surface area (Å²) < 4.78 is 15.2. The number of hydrogen-bond donors (Lipinski definition) is 0. The lowest BCUT2D eigenvalue weighted by atomic mass is 10.2. The molecule has 1 aromatic heterocycles. The van der Waals surface area contributed by atoms with E-state index in [0.717, 1.165) is 17.6 Å². The van der Waals surface area contributed by atoms with Crippen molar-refractivity contribution >= 4 is 0 Å². The summed E-state index contributed by atoms with van der Waals surface area (Å²) >= 11 is 0. The largest absolute Gasteiger partial charge is 0.239 e. The average molecular weight is 331 g/mol. The molecule has 124 valence electrons. The molecule has 25 heavy (non-hydrogen) atoms. The van der Waals surface area contributed by atoms with Gasteiger partial charge in [-0.3, -0.25) is 0 Å². The van der Waals surface area contributed by atoms with E-state index in [9.17, 15) is 4.39 Å². The molecule has 0 N–H and O–H groups in total. The lowest BCUT2D eigenvalue weighted by molar-refractivity contribution is 0.625. The molecule has 0 saturated carbocycles. The van der Waals surface area contributed by atoms with Crippen molar-refractivity contribution in [3.63, 3.8) is 0 Å². The highest BCUT2D eigenvalue weighted by Gasteiger charge is 2.07. The van der Waals surface area contributed by atoms with Crippen LogP contribution in [0, 0.1) is 35.9 Å². The first-order valence-corrected chi connectivity index (χ1v) is 7.85. The minimum absolute atomic E-state index is 0.251. The molecule has 0 aliphatic carbocycles. The molecule has 1 heterocycles. The van der Waals surface area contributed by atoms with E-state index in [-0.39, 0.29) is 5.56 Å². The SMILES string of the molecule is C=C/C=C\C=C(\C#Cc1nn(-c2cc(F)cc(C#N)c2)cc1C)CC. The Morgan fingerprint density at radius 1 is 1.36 bits per heavy atom. The van der Waals surface area contributed by atoms with Crippen LogP contribution < -0.4 is 0 Å². The molecule has 0 aliphatic heterocycles. The maximum absolute atomic E-state index is 13.6. The van der Waals surface area contributed by atoms with E-state index in [0.29, 0.717) is 11.4 Å². The van der Waals surface area contributed by atoms with E-state index in [2.05, 4.69) is 23.5 Å². The van der Waals surface area contributed by atoms with Gasteiger partial charge in [0.15, 0.2) is 0 Å². The van der Waals surface area contributed by atoms with Gasteiger partial charge in [0.2, 0.25) is 0 Å². The normalized spacial score (nSPS) is 11.0. The third-order valence-electron chi connectivity index (χ3n) is 3.44. The molecule has 2 rings (SSSR count). The summed E-state index contributed by atoms with van der Waals surface area (Å²) in [6, 6.07) is 6.05. The maximum Gasteiger partial charge on any atom is 0.138 e. The van der Waals surface area contributed by atoms with Gasteiger partial charge < -0.3 is 0 Å². The molecule has 0 fully saturated rings. The summed E-state index contributed by atoms with van der Waals surface area (Å²) in [7, 11) is 0. The summed E-state index contributed by atoms with van der Waals surface area (Å²) in [5.41, 5.74) is 3.22. The summed E-state index contributed by atoms with van der Waals surface area (Å²) in [4.78, 5) is 0. The van der Waals surface area contributed by atoms with Crippen molar-refractivity contribution in [3.05, 3.63) is 83.5 Å². The smallest absolute Gasteiger partial charge is 0.138 e. The van der Waals surface area contributed by atoms with Crippen LogP contribution in [-0.2, 0) is 0 Å². The molecular weight excluding hydrogens is 313 g/mol. The van der Waals surface area contributed by atoms with Gasteiger partial charge in [0, 0.05) is 17.3 Å². The van der Waals surface area contributed by atoms with Crippen LogP contribution in [0.4, 0.5) is 4.39 Å². The molecule has 0 atom stereocenters. The first-order chi connectivity index (χ1) is 12.1. The molecule has 3 nitrogen and oxygen atoms in total. The summed E-state index contributed by atoms with van der Waals surface area (Å²) in [6.45, 7) is 7.55. The Balaban J connectivity index is 2.36. The first kappa shape index (κ1) is 18.0. The van der Waals surface area contributed by atoms with Gasteiger partial charge in [0.1, 0.15) is 11.5 Å². The Kier molecular flexibility index (Phi) is 6.09. The van der Waals surface area contributed by atoms with Crippen molar-refractivity contribution in [1.82, 2.24) is 9.78 Å². The topological polar surface area (TPSA) is 41.6 Å². The molecular formula is C21H18FN3. The first-order valence-electron chi connectivity index (χ1n) is 7.85. The fourth-order valence-electron chi connectivity index (χ4n) is 2.12. The molecule has 2 aromatic rings. The number of allylic oxidation sites excluding steroid dienone is 5. The van der Waals surface area contributed by atoms with E-state index in [4.69, 9.17) is 5.26 Å². The van der Waals surface area contributed by atoms with Gasteiger partial charge in [0.05, 0.1) is 17.3 Å². The van der Waals surface area contributed by atoms with Crippen LogP contribution in [0.2, 0.25) is 0 Å². The number of aromatic nitrogens is 2. The van der Waals surface area contributed by atoms with Gasteiger partial charge in [-0.15, -0.1) is 0 Å². The van der Waals surface area contributed by atoms with Crippen LogP contribution >= 0.6 is 0 Å². The van der Waals surface area contributed by atoms with Crippen LogP contribution in [0.25, 0.3) is 5.69 Å². The second kappa shape index (κ2) is 8.47. The van der Waals surface area contributed by atoms with E-state index in [1.165, 1.54) is 16.8 Å². The maximum atomic E-state index is 13.6. The predicted molar refractivity (Wildman–Crippen MR) is 97.6 cm³/mol. The molecule has 0 radical (unpaired) electrons. The van der Waals surface area contributed by atoms with Crippen LogP contribution in [0.3, 0.4) is 0 Å².